The Labute approximate surface area is 176 Å². The molecule has 0 N–H and O–H groups in total. The third-order valence-corrected chi connectivity index (χ3v) is 8.23. The van der Waals surface area contributed by atoms with Gasteiger partial charge in [0.25, 0.3) is 0 Å². The summed E-state index contributed by atoms with van der Waals surface area (Å²) in [5, 5.41) is 9.97. The van der Waals surface area contributed by atoms with Crippen LogP contribution in [0.5, 0.6) is 0 Å². The molecule has 0 aromatic heterocycles. The van der Waals surface area contributed by atoms with Gasteiger partial charge in [0.15, 0.2) is 0 Å². The van der Waals surface area contributed by atoms with E-state index in [-0.39, 0.29) is 10.5 Å². The summed E-state index contributed by atoms with van der Waals surface area (Å²) in [6, 6.07) is 16.2. The van der Waals surface area contributed by atoms with Gasteiger partial charge in [-0.3, -0.25) is 0 Å². The Morgan fingerprint density at radius 1 is 1.04 bits per heavy atom. The van der Waals surface area contributed by atoms with Crippen molar-refractivity contribution in [3.8, 4) is 6.07 Å². The van der Waals surface area contributed by atoms with Crippen molar-refractivity contribution in [2.75, 3.05) is 38.5 Å². The van der Waals surface area contributed by atoms with Crippen molar-refractivity contribution in [1.29, 1.82) is 5.26 Å². The van der Waals surface area contributed by atoms with Crippen LogP contribution in [-0.4, -0.2) is 56.1 Å². The van der Waals surface area contributed by atoms with E-state index in [0.717, 1.165) is 28.6 Å². The first-order valence-corrected chi connectivity index (χ1v) is 11.9. The normalized spacial score (nSPS) is 16.0. The first kappa shape index (κ1) is 21.2. The number of hydrogen-bond acceptors (Lipinski definition) is 5. The van der Waals surface area contributed by atoms with Gasteiger partial charge < -0.3 is 4.90 Å². The summed E-state index contributed by atoms with van der Waals surface area (Å²) in [6.07, 6.45) is 1.01. The lowest BCUT2D eigenvalue weighted by atomic mass is 10.2. The number of benzene rings is 2. The standard InChI is InChI=1S/C20H22ClN3O2S2/c21-18-7-2-3-8-19(18)27-15-5-10-23-11-13-24(14-12-23)28(25,26)20-9-4-1-6-17(20)16-22/h1-4,6-9H,5,10-15H2. The minimum absolute atomic E-state index is 0.0992. The van der Waals surface area contributed by atoms with Gasteiger partial charge in [-0.1, -0.05) is 35.9 Å². The highest BCUT2D eigenvalue weighted by Crippen LogP contribution is 2.27. The van der Waals surface area contributed by atoms with Crippen LogP contribution in [0.25, 0.3) is 0 Å². The van der Waals surface area contributed by atoms with E-state index >= 15 is 0 Å². The SMILES string of the molecule is N#Cc1ccccc1S(=O)(=O)N1CCN(CCCSc2ccccc2Cl)CC1. The Morgan fingerprint density at radius 3 is 2.43 bits per heavy atom. The Bertz CT molecular complexity index is 952. The zero-order valence-corrected chi connectivity index (χ0v) is 17.8. The second-order valence-electron chi connectivity index (χ2n) is 6.49. The summed E-state index contributed by atoms with van der Waals surface area (Å²) in [6.45, 7) is 3.22. The average Bonchev–Trinajstić information content (AvgIpc) is 2.72. The van der Waals surface area contributed by atoms with Crippen molar-refractivity contribution in [2.45, 2.75) is 16.2 Å². The van der Waals surface area contributed by atoms with Crippen LogP contribution < -0.4 is 0 Å². The van der Waals surface area contributed by atoms with Gasteiger partial charge in [0.1, 0.15) is 6.07 Å². The molecule has 0 saturated carbocycles. The van der Waals surface area contributed by atoms with Crippen LogP contribution >= 0.6 is 23.4 Å². The molecule has 148 valence electrons. The number of thioether (sulfide) groups is 1. The predicted octanol–water partition coefficient (Wildman–Crippen LogP) is 3.70. The number of nitrogens with zero attached hydrogens (tertiary/aromatic N) is 3. The molecule has 0 unspecified atom stereocenters. The maximum atomic E-state index is 12.9. The van der Waals surface area contributed by atoms with Crippen molar-refractivity contribution < 1.29 is 8.42 Å². The van der Waals surface area contributed by atoms with E-state index in [1.54, 1.807) is 30.0 Å². The molecule has 0 bridgehead atoms. The van der Waals surface area contributed by atoms with Crippen LogP contribution in [0, 0.1) is 11.3 Å². The zero-order chi connectivity index (χ0) is 20.0. The van der Waals surface area contributed by atoms with Gasteiger partial charge in [0, 0.05) is 31.1 Å². The van der Waals surface area contributed by atoms with E-state index in [9.17, 15) is 13.7 Å². The highest BCUT2D eigenvalue weighted by atomic mass is 35.5. The highest BCUT2D eigenvalue weighted by Gasteiger charge is 2.29. The molecule has 1 aliphatic heterocycles. The molecule has 1 heterocycles. The minimum Gasteiger partial charge on any atom is -0.301 e. The summed E-state index contributed by atoms with van der Waals surface area (Å²) in [5.74, 6) is 0.970. The van der Waals surface area contributed by atoms with E-state index in [0.29, 0.717) is 26.2 Å². The second-order valence-corrected chi connectivity index (χ2v) is 9.94. The van der Waals surface area contributed by atoms with Crippen molar-refractivity contribution >= 4 is 33.4 Å². The van der Waals surface area contributed by atoms with E-state index < -0.39 is 10.0 Å². The van der Waals surface area contributed by atoms with Gasteiger partial charge in [-0.25, -0.2) is 8.42 Å². The molecule has 2 aromatic rings. The van der Waals surface area contributed by atoms with E-state index in [1.165, 1.54) is 10.4 Å². The zero-order valence-electron chi connectivity index (χ0n) is 15.4. The molecule has 3 rings (SSSR count). The molecule has 0 spiro atoms. The molecule has 2 aromatic carbocycles. The molecule has 28 heavy (non-hydrogen) atoms. The Balaban J connectivity index is 1.48. The van der Waals surface area contributed by atoms with Crippen LogP contribution in [0.3, 0.4) is 0 Å². The number of nitriles is 1. The topological polar surface area (TPSA) is 64.4 Å². The van der Waals surface area contributed by atoms with Crippen LogP contribution in [-0.2, 0) is 10.0 Å². The summed E-state index contributed by atoms with van der Waals surface area (Å²) < 4.78 is 27.2. The van der Waals surface area contributed by atoms with Crippen molar-refractivity contribution in [2.24, 2.45) is 0 Å². The maximum Gasteiger partial charge on any atom is 0.244 e. The number of sulfonamides is 1. The first-order chi connectivity index (χ1) is 13.5. The minimum atomic E-state index is -3.63. The largest absolute Gasteiger partial charge is 0.301 e. The van der Waals surface area contributed by atoms with E-state index in [1.807, 2.05) is 30.3 Å². The molecular formula is C20H22ClN3O2S2. The van der Waals surface area contributed by atoms with Crippen LogP contribution in [0.2, 0.25) is 5.02 Å². The number of piperazine rings is 1. The van der Waals surface area contributed by atoms with Crippen LogP contribution in [0.1, 0.15) is 12.0 Å². The van der Waals surface area contributed by atoms with Gasteiger partial charge in [-0.2, -0.15) is 9.57 Å². The molecular weight excluding hydrogens is 414 g/mol. The molecule has 1 fully saturated rings. The Hall–Kier alpha value is -1.56. The van der Waals surface area contributed by atoms with Gasteiger partial charge >= 0.3 is 0 Å². The molecule has 0 radical (unpaired) electrons. The third-order valence-electron chi connectivity index (χ3n) is 4.67. The molecule has 0 atom stereocenters. The Morgan fingerprint density at radius 2 is 1.71 bits per heavy atom. The lowest BCUT2D eigenvalue weighted by Crippen LogP contribution is -2.48. The first-order valence-electron chi connectivity index (χ1n) is 9.11. The smallest absolute Gasteiger partial charge is 0.244 e. The molecule has 1 saturated heterocycles. The van der Waals surface area contributed by atoms with Crippen LogP contribution in [0.15, 0.2) is 58.3 Å². The lowest BCUT2D eigenvalue weighted by molar-refractivity contribution is 0.189. The lowest BCUT2D eigenvalue weighted by Gasteiger charge is -2.34. The van der Waals surface area contributed by atoms with Crippen molar-refractivity contribution in [1.82, 2.24) is 9.21 Å². The molecule has 5 nitrogen and oxygen atoms in total. The van der Waals surface area contributed by atoms with Crippen molar-refractivity contribution in [3.63, 3.8) is 0 Å². The number of rotatable bonds is 7. The summed E-state index contributed by atoms with van der Waals surface area (Å²) >= 11 is 7.92. The van der Waals surface area contributed by atoms with E-state index in [4.69, 9.17) is 11.6 Å². The molecule has 0 amide bonds. The Kier molecular flexibility index (Phi) is 7.38. The average molecular weight is 436 g/mol. The molecule has 0 aliphatic carbocycles. The quantitative estimate of drug-likeness (QED) is 0.490. The fourth-order valence-electron chi connectivity index (χ4n) is 3.15. The molecule has 8 heteroatoms. The van der Waals surface area contributed by atoms with Gasteiger partial charge in [0.2, 0.25) is 10.0 Å². The fourth-order valence-corrected chi connectivity index (χ4v) is 5.89. The number of halogens is 1. The summed E-state index contributed by atoms with van der Waals surface area (Å²) in [4.78, 5) is 3.48. The second kappa shape index (κ2) is 9.77. The highest BCUT2D eigenvalue weighted by molar-refractivity contribution is 7.99. The monoisotopic (exact) mass is 435 g/mol. The van der Waals surface area contributed by atoms with Gasteiger partial charge in [-0.05, 0) is 43.0 Å². The van der Waals surface area contributed by atoms with Crippen molar-refractivity contribution in [3.05, 3.63) is 59.1 Å². The van der Waals surface area contributed by atoms with E-state index in [2.05, 4.69) is 4.90 Å². The fraction of sp³-hybridized carbons (Fsp3) is 0.350. The van der Waals surface area contributed by atoms with Gasteiger partial charge in [0.05, 0.1) is 15.5 Å². The predicted molar refractivity (Wildman–Crippen MR) is 113 cm³/mol. The van der Waals surface area contributed by atoms with Crippen LogP contribution in [0.4, 0.5) is 0 Å². The van der Waals surface area contributed by atoms with Gasteiger partial charge in [-0.15, -0.1) is 11.8 Å². The number of hydrogen-bond donors (Lipinski definition) is 0. The molecule has 1 aliphatic rings. The third kappa shape index (κ3) is 5.07. The summed E-state index contributed by atoms with van der Waals surface area (Å²) in [7, 11) is -3.63. The maximum absolute atomic E-state index is 12.9. The summed E-state index contributed by atoms with van der Waals surface area (Å²) in [5.41, 5.74) is 0.196.